The van der Waals surface area contributed by atoms with Crippen molar-refractivity contribution < 1.29 is 17.9 Å². The minimum atomic E-state index is -4.70. The lowest BCUT2D eigenvalue weighted by Crippen LogP contribution is -2.33. The van der Waals surface area contributed by atoms with Crippen LogP contribution in [0.25, 0.3) is 0 Å². The van der Waals surface area contributed by atoms with Gasteiger partial charge in [0.2, 0.25) is 0 Å². The Balaban J connectivity index is 1.99. The highest BCUT2D eigenvalue weighted by molar-refractivity contribution is 5.31. The third kappa shape index (κ3) is 4.94. The van der Waals surface area contributed by atoms with Crippen LogP contribution in [0.2, 0.25) is 0 Å². The molecule has 0 amide bonds. The molecule has 1 fully saturated rings. The van der Waals surface area contributed by atoms with E-state index in [1.54, 1.807) is 0 Å². The topological polar surface area (TPSA) is 45.0 Å². The quantitative estimate of drug-likeness (QED) is 0.911. The molecule has 3 nitrogen and oxygen atoms in total. The lowest BCUT2D eigenvalue weighted by atomic mass is 9.94. The van der Waals surface area contributed by atoms with Crippen LogP contribution < -0.4 is 10.1 Å². The fraction of sp³-hybridized carbons (Fsp3) is 0.533. The summed E-state index contributed by atoms with van der Waals surface area (Å²) in [7, 11) is 0. The first-order chi connectivity index (χ1) is 9.98. The van der Waals surface area contributed by atoms with Gasteiger partial charge in [-0.25, -0.2) is 0 Å². The molecule has 2 rings (SSSR count). The Hall–Kier alpha value is -1.74. The highest BCUT2D eigenvalue weighted by atomic mass is 19.4. The summed E-state index contributed by atoms with van der Waals surface area (Å²) in [6.45, 7) is 0. The van der Waals surface area contributed by atoms with Gasteiger partial charge < -0.3 is 4.74 Å². The molecule has 0 bridgehead atoms. The van der Waals surface area contributed by atoms with Crippen molar-refractivity contribution in [2.75, 3.05) is 0 Å². The second-order valence-corrected chi connectivity index (χ2v) is 5.18. The number of alkyl halides is 3. The molecule has 1 unspecified atom stereocenters. The van der Waals surface area contributed by atoms with Crippen molar-refractivity contribution in [3.8, 4) is 11.8 Å². The Morgan fingerprint density at radius 2 is 1.76 bits per heavy atom. The number of hydrogen-bond donors (Lipinski definition) is 1. The van der Waals surface area contributed by atoms with E-state index in [2.05, 4.69) is 16.1 Å². The van der Waals surface area contributed by atoms with Crippen molar-refractivity contribution in [2.45, 2.75) is 50.6 Å². The predicted molar refractivity (Wildman–Crippen MR) is 71.5 cm³/mol. The van der Waals surface area contributed by atoms with Gasteiger partial charge in [0.25, 0.3) is 0 Å². The van der Waals surface area contributed by atoms with Gasteiger partial charge >= 0.3 is 6.36 Å². The zero-order valence-electron chi connectivity index (χ0n) is 11.5. The molecule has 0 radical (unpaired) electrons. The van der Waals surface area contributed by atoms with E-state index in [0.717, 1.165) is 25.7 Å². The molecule has 1 aromatic carbocycles. The Kier molecular flexibility index (Phi) is 5.07. The lowest BCUT2D eigenvalue weighted by molar-refractivity contribution is -0.274. The highest BCUT2D eigenvalue weighted by Gasteiger charge is 2.31. The fourth-order valence-electron chi connectivity index (χ4n) is 2.57. The van der Waals surface area contributed by atoms with E-state index in [9.17, 15) is 18.4 Å². The number of nitrogens with one attached hydrogen (secondary N) is 1. The van der Waals surface area contributed by atoms with Gasteiger partial charge in [0.1, 0.15) is 11.8 Å². The number of halogens is 3. The van der Waals surface area contributed by atoms with Gasteiger partial charge in [-0.05, 0) is 30.5 Å². The number of benzene rings is 1. The number of rotatable bonds is 4. The molecule has 1 aliphatic rings. The summed E-state index contributed by atoms with van der Waals surface area (Å²) in [6.07, 6.45) is 0.888. The smallest absolute Gasteiger partial charge is 0.406 e. The van der Waals surface area contributed by atoms with Crippen molar-refractivity contribution in [3.63, 3.8) is 0 Å². The van der Waals surface area contributed by atoms with Gasteiger partial charge in [0.05, 0.1) is 6.07 Å². The molecule has 0 heterocycles. The summed E-state index contributed by atoms with van der Waals surface area (Å²) in [5.41, 5.74) is 0.651. The molecule has 0 saturated heterocycles. The van der Waals surface area contributed by atoms with Crippen LogP contribution in [0, 0.1) is 11.3 Å². The molecule has 1 N–H and O–H groups in total. The first kappa shape index (κ1) is 15.6. The zero-order chi connectivity index (χ0) is 15.3. The first-order valence-electron chi connectivity index (χ1n) is 6.99. The minimum absolute atomic E-state index is 0.277. The molecular weight excluding hydrogens is 281 g/mol. The van der Waals surface area contributed by atoms with Crippen LogP contribution in [0.4, 0.5) is 13.2 Å². The SMILES string of the molecule is N#CC(NC1CCCCC1)c1ccc(OC(F)(F)F)cc1. The average molecular weight is 298 g/mol. The molecule has 1 aromatic rings. The maximum atomic E-state index is 12.1. The molecule has 1 atom stereocenters. The van der Waals surface area contributed by atoms with Gasteiger partial charge in [-0.3, -0.25) is 5.32 Å². The fourth-order valence-corrected chi connectivity index (χ4v) is 2.57. The lowest BCUT2D eigenvalue weighted by Gasteiger charge is -2.25. The number of hydrogen-bond acceptors (Lipinski definition) is 3. The first-order valence-corrected chi connectivity index (χ1v) is 6.99. The molecule has 114 valence electrons. The Labute approximate surface area is 121 Å². The van der Waals surface area contributed by atoms with Crippen LogP contribution in [0.5, 0.6) is 5.75 Å². The summed E-state index contributed by atoms with van der Waals surface area (Å²) in [6, 6.07) is 7.40. The molecule has 21 heavy (non-hydrogen) atoms. The second kappa shape index (κ2) is 6.81. The standard InChI is InChI=1S/C15H17F3N2O/c16-15(17,18)21-13-8-6-11(7-9-13)14(10-19)20-12-4-2-1-3-5-12/h6-9,12,14,20H,1-5H2. The van der Waals surface area contributed by atoms with E-state index in [1.165, 1.54) is 30.7 Å². The summed E-state index contributed by atoms with van der Waals surface area (Å²) in [4.78, 5) is 0. The van der Waals surface area contributed by atoms with Gasteiger partial charge in [-0.2, -0.15) is 5.26 Å². The van der Waals surface area contributed by atoms with E-state index in [-0.39, 0.29) is 5.75 Å². The Morgan fingerprint density at radius 3 is 2.29 bits per heavy atom. The predicted octanol–water partition coefficient (Wildman–Crippen LogP) is 4.07. The van der Waals surface area contributed by atoms with E-state index < -0.39 is 12.4 Å². The van der Waals surface area contributed by atoms with Crippen molar-refractivity contribution in [3.05, 3.63) is 29.8 Å². The molecule has 6 heteroatoms. The molecule has 0 aromatic heterocycles. The summed E-state index contributed by atoms with van der Waals surface area (Å²) in [5, 5.41) is 12.5. The molecular formula is C15H17F3N2O. The van der Waals surface area contributed by atoms with E-state index >= 15 is 0 Å². The maximum absolute atomic E-state index is 12.1. The van der Waals surface area contributed by atoms with Crippen molar-refractivity contribution in [1.29, 1.82) is 5.26 Å². The van der Waals surface area contributed by atoms with Crippen molar-refractivity contribution in [2.24, 2.45) is 0 Å². The molecule has 0 spiro atoms. The van der Waals surface area contributed by atoms with Gasteiger partial charge in [0.15, 0.2) is 0 Å². The van der Waals surface area contributed by atoms with Crippen LogP contribution in [0.3, 0.4) is 0 Å². The van der Waals surface area contributed by atoms with Crippen molar-refractivity contribution >= 4 is 0 Å². The van der Waals surface area contributed by atoms with Gasteiger partial charge in [-0.1, -0.05) is 31.4 Å². The third-order valence-electron chi connectivity index (χ3n) is 3.58. The minimum Gasteiger partial charge on any atom is -0.406 e. The molecule has 0 aliphatic heterocycles. The Bertz CT molecular complexity index is 487. The summed E-state index contributed by atoms with van der Waals surface area (Å²) >= 11 is 0. The molecule has 1 aliphatic carbocycles. The Morgan fingerprint density at radius 1 is 1.14 bits per heavy atom. The van der Waals surface area contributed by atoms with Crippen LogP contribution in [0.1, 0.15) is 43.7 Å². The van der Waals surface area contributed by atoms with E-state index in [0.29, 0.717) is 11.6 Å². The number of nitrogens with zero attached hydrogens (tertiary/aromatic N) is 1. The molecule has 1 saturated carbocycles. The van der Waals surface area contributed by atoms with Crippen LogP contribution in [-0.4, -0.2) is 12.4 Å². The summed E-state index contributed by atoms with van der Waals surface area (Å²) < 4.78 is 40.1. The average Bonchev–Trinajstić information content (AvgIpc) is 2.45. The van der Waals surface area contributed by atoms with Gasteiger partial charge in [-0.15, -0.1) is 13.2 Å². The zero-order valence-corrected chi connectivity index (χ0v) is 11.5. The highest BCUT2D eigenvalue weighted by Crippen LogP contribution is 2.25. The van der Waals surface area contributed by atoms with Crippen LogP contribution in [0.15, 0.2) is 24.3 Å². The maximum Gasteiger partial charge on any atom is 0.573 e. The van der Waals surface area contributed by atoms with Gasteiger partial charge in [0, 0.05) is 6.04 Å². The largest absolute Gasteiger partial charge is 0.573 e. The second-order valence-electron chi connectivity index (χ2n) is 5.18. The third-order valence-corrected chi connectivity index (χ3v) is 3.58. The monoisotopic (exact) mass is 298 g/mol. The summed E-state index contributed by atoms with van der Waals surface area (Å²) in [5.74, 6) is -0.277. The van der Waals surface area contributed by atoms with Crippen LogP contribution >= 0.6 is 0 Å². The number of ether oxygens (including phenoxy) is 1. The van der Waals surface area contributed by atoms with Crippen LogP contribution in [-0.2, 0) is 0 Å². The van der Waals surface area contributed by atoms with E-state index in [4.69, 9.17) is 0 Å². The normalized spacial score (nSPS) is 18.0. The van der Waals surface area contributed by atoms with Crippen molar-refractivity contribution in [1.82, 2.24) is 5.32 Å². The number of nitriles is 1. The van der Waals surface area contributed by atoms with E-state index in [1.807, 2.05) is 0 Å².